The third-order valence-corrected chi connectivity index (χ3v) is 3.05. The van der Waals surface area contributed by atoms with Crippen LogP contribution in [0, 0.1) is 5.92 Å². The average Bonchev–Trinajstić information content (AvgIpc) is 2.47. The van der Waals surface area contributed by atoms with E-state index in [4.69, 9.17) is 0 Å². The van der Waals surface area contributed by atoms with Crippen LogP contribution >= 0.6 is 0 Å². The van der Waals surface area contributed by atoms with Gasteiger partial charge in [0.15, 0.2) is 5.78 Å². The molecule has 2 heteroatoms. The lowest BCUT2D eigenvalue weighted by Gasteiger charge is -2.27. The van der Waals surface area contributed by atoms with Gasteiger partial charge in [0.05, 0.1) is 11.5 Å². The highest BCUT2D eigenvalue weighted by Crippen LogP contribution is 2.34. The van der Waals surface area contributed by atoms with E-state index in [1.54, 1.807) is 12.2 Å². The fourth-order valence-corrected chi connectivity index (χ4v) is 2.14. The molecule has 0 heterocycles. The highest BCUT2D eigenvalue weighted by Gasteiger charge is 2.40. The predicted molar refractivity (Wildman–Crippen MR) is 61.5 cm³/mol. The molecule has 0 fully saturated rings. The Balaban J connectivity index is 2.59. The maximum absolute atomic E-state index is 11.6. The second kappa shape index (κ2) is 5.26. The topological polar surface area (TPSA) is 37.3 Å². The zero-order valence-electron chi connectivity index (χ0n) is 9.41. The van der Waals surface area contributed by atoms with Crippen LogP contribution in [0.4, 0.5) is 0 Å². The van der Waals surface area contributed by atoms with Crippen molar-refractivity contribution in [2.75, 3.05) is 0 Å². The van der Waals surface area contributed by atoms with Gasteiger partial charge in [-0.05, 0) is 25.0 Å². The zero-order chi connectivity index (χ0) is 11.3. The van der Waals surface area contributed by atoms with Gasteiger partial charge in [-0.15, -0.1) is 6.58 Å². The van der Waals surface area contributed by atoms with Crippen molar-refractivity contribution >= 4 is 5.78 Å². The molecule has 0 aliphatic heterocycles. The minimum atomic E-state index is -0.966. The van der Waals surface area contributed by atoms with Gasteiger partial charge < -0.3 is 5.11 Å². The molecule has 2 nitrogen and oxygen atoms in total. The van der Waals surface area contributed by atoms with E-state index in [9.17, 15) is 9.90 Å². The van der Waals surface area contributed by atoms with Gasteiger partial charge in [0.1, 0.15) is 0 Å². The highest BCUT2D eigenvalue weighted by molar-refractivity contribution is 5.95. The molecular formula is C13H20O2. The van der Waals surface area contributed by atoms with Crippen molar-refractivity contribution in [3.8, 4) is 0 Å². The zero-order valence-corrected chi connectivity index (χ0v) is 9.41. The number of ketones is 1. The van der Waals surface area contributed by atoms with Crippen LogP contribution in [0.25, 0.3) is 0 Å². The number of carbonyl (C=O) groups excluding carboxylic acids is 1. The first-order valence-electron chi connectivity index (χ1n) is 5.70. The molecule has 0 amide bonds. The summed E-state index contributed by atoms with van der Waals surface area (Å²) in [6, 6.07) is 0. The fraction of sp³-hybridized carbons (Fsp3) is 0.615. The molecule has 1 N–H and O–H groups in total. The summed E-state index contributed by atoms with van der Waals surface area (Å²) in [7, 11) is 0. The largest absolute Gasteiger partial charge is 0.385 e. The SMILES string of the molecule is C=CCC1(O)C=CC(=O)C1CCCCC. The molecule has 1 aliphatic carbocycles. The van der Waals surface area contributed by atoms with Crippen molar-refractivity contribution in [3.05, 3.63) is 24.8 Å². The van der Waals surface area contributed by atoms with Crippen molar-refractivity contribution in [3.63, 3.8) is 0 Å². The van der Waals surface area contributed by atoms with E-state index < -0.39 is 5.60 Å². The number of aliphatic hydroxyl groups is 1. The predicted octanol–water partition coefficient (Wildman–Crippen LogP) is 2.63. The van der Waals surface area contributed by atoms with Gasteiger partial charge in [0.2, 0.25) is 0 Å². The lowest BCUT2D eigenvalue weighted by atomic mass is 9.83. The smallest absolute Gasteiger partial charge is 0.161 e. The van der Waals surface area contributed by atoms with Gasteiger partial charge >= 0.3 is 0 Å². The summed E-state index contributed by atoms with van der Waals surface area (Å²) in [4.78, 5) is 11.6. The second-order valence-electron chi connectivity index (χ2n) is 4.27. The molecule has 2 atom stereocenters. The number of allylic oxidation sites excluding steroid dienone is 1. The van der Waals surface area contributed by atoms with Crippen molar-refractivity contribution in [2.45, 2.75) is 44.6 Å². The van der Waals surface area contributed by atoms with Crippen molar-refractivity contribution in [1.82, 2.24) is 0 Å². The van der Waals surface area contributed by atoms with Crippen LogP contribution in [0.1, 0.15) is 39.0 Å². The van der Waals surface area contributed by atoms with Crippen LogP contribution < -0.4 is 0 Å². The Morgan fingerprint density at radius 2 is 2.33 bits per heavy atom. The first-order valence-corrected chi connectivity index (χ1v) is 5.70. The highest BCUT2D eigenvalue weighted by atomic mass is 16.3. The Morgan fingerprint density at radius 1 is 1.60 bits per heavy atom. The fourth-order valence-electron chi connectivity index (χ4n) is 2.14. The van der Waals surface area contributed by atoms with Gasteiger partial charge in [-0.25, -0.2) is 0 Å². The van der Waals surface area contributed by atoms with E-state index in [-0.39, 0.29) is 11.7 Å². The molecule has 0 saturated carbocycles. The van der Waals surface area contributed by atoms with Crippen molar-refractivity contribution in [2.24, 2.45) is 5.92 Å². The molecule has 0 saturated heterocycles. The van der Waals surface area contributed by atoms with Crippen LogP contribution in [0.2, 0.25) is 0 Å². The third kappa shape index (κ3) is 2.78. The van der Waals surface area contributed by atoms with Crippen LogP contribution in [0.3, 0.4) is 0 Å². The molecular weight excluding hydrogens is 188 g/mol. The molecule has 2 unspecified atom stereocenters. The number of rotatable bonds is 6. The monoisotopic (exact) mass is 208 g/mol. The maximum Gasteiger partial charge on any atom is 0.161 e. The Kier molecular flexibility index (Phi) is 4.28. The molecule has 0 bridgehead atoms. The summed E-state index contributed by atoms with van der Waals surface area (Å²) in [6.07, 6.45) is 9.33. The molecule has 0 radical (unpaired) electrons. The molecule has 1 rings (SSSR count). The van der Waals surface area contributed by atoms with E-state index in [2.05, 4.69) is 13.5 Å². The van der Waals surface area contributed by atoms with Gasteiger partial charge in [-0.3, -0.25) is 4.79 Å². The Morgan fingerprint density at radius 3 is 2.93 bits per heavy atom. The number of hydrogen-bond donors (Lipinski definition) is 1. The summed E-state index contributed by atoms with van der Waals surface area (Å²) in [5.74, 6) is -0.183. The lowest BCUT2D eigenvalue weighted by molar-refractivity contribution is -0.122. The Hall–Kier alpha value is -0.890. The third-order valence-electron chi connectivity index (χ3n) is 3.05. The summed E-state index contributed by atoms with van der Waals surface area (Å²) < 4.78 is 0. The molecule has 15 heavy (non-hydrogen) atoms. The summed E-state index contributed by atoms with van der Waals surface area (Å²) in [5.41, 5.74) is -0.966. The molecule has 0 aromatic carbocycles. The summed E-state index contributed by atoms with van der Waals surface area (Å²) in [6.45, 7) is 5.75. The molecule has 0 aromatic rings. The lowest BCUT2D eigenvalue weighted by Crippen LogP contribution is -2.35. The van der Waals surface area contributed by atoms with Gasteiger partial charge in [-0.1, -0.05) is 32.3 Å². The van der Waals surface area contributed by atoms with Crippen LogP contribution in [-0.2, 0) is 4.79 Å². The second-order valence-corrected chi connectivity index (χ2v) is 4.27. The van der Waals surface area contributed by atoms with Gasteiger partial charge in [-0.2, -0.15) is 0 Å². The normalized spacial score (nSPS) is 29.7. The summed E-state index contributed by atoms with van der Waals surface area (Å²) >= 11 is 0. The van der Waals surface area contributed by atoms with Crippen molar-refractivity contribution in [1.29, 1.82) is 0 Å². The average molecular weight is 208 g/mol. The van der Waals surface area contributed by atoms with E-state index in [1.807, 2.05) is 0 Å². The quantitative estimate of drug-likeness (QED) is 0.538. The first kappa shape index (κ1) is 12.2. The summed E-state index contributed by atoms with van der Waals surface area (Å²) in [5, 5.41) is 10.2. The van der Waals surface area contributed by atoms with Crippen LogP contribution in [0.5, 0.6) is 0 Å². The van der Waals surface area contributed by atoms with Gasteiger partial charge in [0.25, 0.3) is 0 Å². The van der Waals surface area contributed by atoms with E-state index in [0.717, 1.165) is 25.7 Å². The number of carbonyl (C=O) groups is 1. The molecule has 84 valence electrons. The Bertz CT molecular complexity index is 268. The minimum Gasteiger partial charge on any atom is -0.385 e. The van der Waals surface area contributed by atoms with E-state index in [1.165, 1.54) is 6.08 Å². The Labute approximate surface area is 91.7 Å². The minimum absolute atomic E-state index is 0.0652. The standard InChI is InChI=1S/C13H20O2/c1-3-5-6-7-11-12(14)8-10-13(11,15)9-4-2/h4,8,10-11,15H,2-3,5-7,9H2,1H3. The molecule has 0 spiro atoms. The van der Waals surface area contributed by atoms with Gasteiger partial charge in [0, 0.05) is 0 Å². The number of hydrogen-bond acceptors (Lipinski definition) is 2. The first-order chi connectivity index (χ1) is 7.14. The van der Waals surface area contributed by atoms with E-state index in [0.29, 0.717) is 6.42 Å². The van der Waals surface area contributed by atoms with E-state index >= 15 is 0 Å². The van der Waals surface area contributed by atoms with Crippen LogP contribution in [0.15, 0.2) is 24.8 Å². The maximum atomic E-state index is 11.6. The molecule has 1 aliphatic rings. The van der Waals surface area contributed by atoms with Crippen LogP contribution in [-0.4, -0.2) is 16.5 Å². The molecule has 0 aromatic heterocycles. The number of unbranched alkanes of at least 4 members (excludes halogenated alkanes) is 2. The van der Waals surface area contributed by atoms with Crippen molar-refractivity contribution < 1.29 is 9.90 Å².